The standard InChI is InChI=1S/C29H38N4O3/c1-21(34)31-12-14-32(15-13-31)24-8-9-26-27(16-24)29(2,3)20-33(28(26)36)19-25(35)18-30-11-10-22-6-4-5-7-23(22)17-30/h4-9,16,25,35H,10-15,17-20H2,1-3H3. The van der Waals surface area contributed by atoms with Crippen LogP contribution < -0.4 is 4.90 Å². The predicted octanol–water partition coefficient (Wildman–Crippen LogP) is 2.51. The molecule has 5 rings (SSSR count). The first-order chi connectivity index (χ1) is 17.2. The number of hydrogen-bond donors (Lipinski definition) is 1. The van der Waals surface area contributed by atoms with E-state index in [1.54, 1.807) is 6.92 Å². The van der Waals surface area contributed by atoms with Crippen molar-refractivity contribution >= 4 is 17.5 Å². The van der Waals surface area contributed by atoms with Gasteiger partial charge in [-0.15, -0.1) is 0 Å². The molecule has 0 saturated carbocycles. The van der Waals surface area contributed by atoms with Crippen molar-refractivity contribution in [1.29, 1.82) is 0 Å². The Morgan fingerprint density at radius 2 is 1.72 bits per heavy atom. The van der Waals surface area contributed by atoms with Crippen LogP contribution in [0.15, 0.2) is 42.5 Å². The molecule has 2 amide bonds. The summed E-state index contributed by atoms with van der Waals surface area (Å²) in [5.41, 5.74) is 5.42. The minimum atomic E-state index is -0.589. The third kappa shape index (κ3) is 5.00. The van der Waals surface area contributed by atoms with Crippen LogP contribution in [0.5, 0.6) is 0 Å². The molecule has 3 heterocycles. The van der Waals surface area contributed by atoms with Gasteiger partial charge in [0.1, 0.15) is 0 Å². The van der Waals surface area contributed by atoms with Gasteiger partial charge in [0.2, 0.25) is 5.91 Å². The summed E-state index contributed by atoms with van der Waals surface area (Å²) in [6, 6.07) is 14.7. The minimum Gasteiger partial charge on any atom is -0.390 e. The zero-order valence-corrected chi connectivity index (χ0v) is 21.7. The molecule has 3 aliphatic rings. The Balaban J connectivity index is 1.24. The van der Waals surface area contributed by atoms with Crippen molar-refractivity contribution in [3.8, 4) is 0 Å². The number of anilines is 1. The second-order valence-electron chi connectivity index (χ2n) is 11.2. The lowest BCUT2D eigenvalue weighted by molar-refractivity contribution is -0.129. The minimum absolute atomic E-state index is 0.000291. The van der Waals surface area contributed by atoms with Crippen LogP contribution in [-0.2, 0) is 23.2 Å². The SMILES string of the molecule is CC(=O)N1CCN(c2ccc3c(c2)C(C)(C)CN(CC(O)CN2CCc4ccccc4C2)C3=O)CC1. The van der Waals surface area contributed by atoms with Gasteiger partial charge >= 0.3 is 0 Å². The molecule has 192 valence electrons. The highest BCUT2D eigenvalue weighted by atomic mass is 16.3. The molecular weight excluding hydrogens is 452 g/mol. The van der Waals surface area contributed by atoms with E-state index in [1.165, 1.54) is 11.1 Å². The summed E-state index contributed by atoms with van der Waals surface area (Å²) in [7, 11) is 0. The molecular formula is C29H38N4O3. The number of benzene rings is 2. The van der Waals surface area contributed by atoms with E-state index >= 15 is 0 Å². The van der Waals surface area contributed by atoms with Crippen molar-refractivity contribution in [3.63, 3.8) is 0 Å². The number of aliphatic hydroxyl groups is 1. The van der Waals surface area contributed by atoms with Gasteiger partial charge < -0.3 is 19.8 Å². The summed E-state index contributed by atoms with van der Waals surface area (Å²) in [5.74, 6) is 0.125. The quantitative estimate of drug-likeness (QED) is 0.698. The zero-order valence-electron chi connectivity index (χ0n) is 21.7. The van der Waals surface area contributed by atoms with Crippen molar-refractivity contribution in [2.45, 2.75) is 45.3 Å². The van der Waals surface area contributed by atoms with Crippen LogP contribution in [0.25, 0.3) is 0 Å². The maximum Gasteiger partial charge on any atom is 0.254 e. The lowest BCUT2D eigenvalue weighted by Crippen LogP contribution is -2.51. The Labute approximate surface area is 214 Å². The maximum absolute atomic E-state index is 13.4. The van der Waals surface area contributed by atoms with Crippen LogP contribution in [0.4, 0.5) is 5.69 Å². The highest BCUT2D eigenvalue weighted by molar-refractivity contribution is 5.98. The van der Waals surface area contributed by atoms with E-state index in [0.29, 0.717) is 19.6 Å². The number of aliphatic hydroxyl groups excluding tert-OH is 1. The van der Waals surface area contributed by atoms with Crippen molar-refractivity contribution in [2.75, 3.05) is 57.3 Å². The molecule has 1 N–H and O–H groups in total. The molecule has 2 aromatic carbocycles. The number of piperazine rings is 1. The van der Waals surface area contributed by atoms with Crippen LogP contribution in [0.1, 0.15) is 47.8 Å². The van der Waals surface area contributed by atoms with E-state index in [4.69, 9.17) is 0 Å². The normalized spacial score (nSPS) is 20.7. The van der Waals surface area contributed by atoms with E-state index < -0.39 is 6.10 Å². The molecule has 0 radical (unpaired) electrons. The van der Waals surface area contributed by atoms with E-state index in [-0.39, 0.29) is 17.2 Å². The number of β-amino-alcohol motifs (C(OH)–C–C–N with tert-alkyl or cyclic N) is 1. The number of carbonyl (C=O) groups excluding carboxylic acids is 2. The van der Waals surface area contributed by atoms with Crippen molar-refractivity contribution < 1.29 is 14.7 Å². The van der Waals surface area contributed by atoms with Crippen LogP contribution in [0.3, 0.4) is 0 Å². The molecule has 36 heavy (non-hydrogen) atoms. The molecule has 0 aliphatic carbocycles. The first kappa shape index (κ1) is 24.8. The van der Waals surface area contributed by atoms with Crippen LogP contribution >= 0.6 is 0 Å². The molecule has 7 heteroatoms. The predicted molar refractivity (Wildman–Crippen MR) is 141 cm³/mol. The third-order valence-electron chi connectivity index (χ3n) is 8.04. The van der Waals surface area contributed by atoms with Crippen molar-refractivity contribution in [1.82, 2.24) is 14.7 Å². The van der Waals surface area contributed by atoms with Crippen LogP contribution in [0, 0.1) is 0 Å². The largest absolute Gasteiger partial charge is 0.390 e. The maximum atomic E-state index is 13.4. The Morgan fingerprint density at radius 3 is 2.44 bits per heavy atom. The molecule has 1 fully saturated rings. The fraction of sp³-hybridized carbons (Fsp3) is 0.517. The number of nitrogens with zero attached hydrogens (tertiary/aromatic N) is 4. The number of hydrogen-bond acceptors (Lipinski definition) is 5. The van der Waals surface area contributed by atoms with Gasteiger partial charge in [0.25, 0.3) is 5.91 Å². The molecule has 0 aromatic heterocycles. The fourth-order valence-corrected chi connectivity index (χ4v) is 6.03. The topological polar surface area (TPSA) is 67.3 Å². The summed E-state index contributed by atoms with van der Waals surface area (Å²) < 4.78 is 0. The molecule has 3 aliphatic heterocycles. The monoisotopic (exact) mass is 490 g/mol. The van der Waals surface area contributed by atoms with Gasteiger partial charge in [-0.1, -0.05) is 38.1 Å². The smallest absolute Gasteiger partial charge is 0.254 e. The second kappa shape index (κ2) is 9.87. The average Bonchev–Trinajstić information content (AvgIpc) is 2.86. The van der Waals surface area contributed by atoms with Gasteiger partial charge in [0, 0.05) is 82.5 Å². The zero-order chi connectivity index (χ0) is 25.4. The number of fused-ring (bicyclic) bond motifs is 2. The van der Waals surface area contributed by atoms with Gasteiger partial charge in [0.05, 0.1) is 6.10 Å². The Hall–Kier alpha value is -2.90. The van der Waals surface area contributed by atoms with Gasteiger partial charge in [-0.3, -0.25) is 14.5 Å². The number of amides is 2. The summed E-state index contributed by atoms with van der Waals surface area (Å²) >= 11 is 0. The van der Waals surface area contributed by atoms with Crippen molar-refractivity contribution in [2.24, 2.45) is 0 Å². The highest BCUT2D eigenvalue weighted by Crippen LogP contribution is 2.36. The van der Waals surface area contributed by atoms with Crippen LogP contribution in [0.2, 0.25) is 0 Å². The molecule has 1 saturated heterocycles. The lowest BCUT2D eigenvalue weighted by Gasteiger charge is -2.42. The first-order valence-corrected chi connectivity index (χ1v) is 13.1. The summed E-state index contributed by atoms with van der Waals surface area (Å²) in [6.07, 6.45) is 0.409. The van der Waals surface area contributed by atoms with E-state index in [1.807, 2.05) is 21.9 Å². The molecule has 2 aromatic rings. The first-order valence-electron chi connectivity index (χ1n) is 13.1. The molecule has 7 nitrogen and oxygen atoms in total. The van der Waals surface area contributed by atoms with Gasteiger partial charge in [-0.2, -0.15) is 0 Å². The fourth-order valence-electron chi connectivity index (χ4n) is 6.03. The van der Waals surface area contributed by atoms with E-state index in [0.717, 1.165) is 62.5 Å². The molecule has 1 unspecified atom stereocenters. The average molecular weight is 491 g/mol. The van der Waals surface area contributed by atoms with Gasteiger partial charge in [0.15, 0.2) is 0 Å². The van der Waals surface area contributed by atoms with E-state index in [2.05, 4.69) is 54.0 Å². The van der Waals surface area contributed by atoms with Crippen LogP contribution in [-0.4, -0.2) is 90.1 Å². The van der Waals surface area contributed by atoms with Crippen molar-refractivity contribution in [3.05, 3.63) is 64.7 Å². The Kier molecular flexibility index (Phi) is 6.79. The lowest BCUT2D eigenvalue weighted by atomic mass is 9.77. The van der Waals surface area contributed by atoms with Gasteiger partial charge in [-0.05, 0) is 41.3 Å². The van der Waals surface area contributed by atoms with Gasteiger partial charge in [-0.25, -0.2) is 0 Å². The number of carbonyl (C=O) groups is 2. The molecule has 1 atom stereocenters. The summed E-state index contributed by atoms with van der Waals surface area (Å²) in [6.45, 7) is 12.3. The highest BCUT2D eigenvalue weighted by Gasteiger charge is 2.38. The molecule has 0 spiro atoms. The third-order valence-corrected chi connectivity index (χ3v) is 8.04. The summed E-state index contributed by atoms with van der Waals surface area (Å²) in [4.78, 5) is 33.4. The Bertz CT molecular complexity index is 1140. The Morgan fingerprint density at radius 1 is 1.00 bits per heavy atom. The summed E-state index contributed by atoms with van der Waals surface area (Å²) in [5, 5.41) is 10.9. The number of rotatable bonds is 5. The van der Waals surface area contributed by atoms with E-state index in [9.17, 15) is 14.7 Å². The second-order valence-corrected chi connectivity index (χ2v) is 11.2. The molecule has 0 bridgehead atoms.